The molecule has 0 spiro atoms. The van der Waals surface area contributed by atoms with E-state index in [4.69, 9.17) is 0 Å². The third-order valence-corrected chi connectivity index (χ3v) is 4.67. The summed E-state index contributed by atoms with van der Waals surface area (Å²) >= 11 is 0. The Morgan fingerprint density at radius 3 is 2.48 bits per heavy atom. The Labute approximate surface area is 131 Å². The molecule has 0 aromatic rings. The molecule has 1 heterocycles. The summed E-state index contributed by atoms with van der Waals surface area (Å²) < 4.78 is 0. The van der Waals surface area contributed by atoms with Gasteiger partial charge < -0.3 is 4.90 Å². The molecule has 1 atom stereocenters. The second kappa shape index (κ2) is 8.53. The minimum absolute atomic E-state index is 0.187. The van der Waals surface area contributed by atoms with Crippen molar-refractivity contribution in [3.8, 4) is 0 Å². The van der Waals surface area contributed by atoms with E-state index < -0.39 is 0 Å². The van der Waals surface area contributed by atoms with Crippen LogP contribution in [0.3, 0.4) is 0 Å². The molecule has 2 aliphatic rings. The summed E-state index contributed by atoms with van der Waals surface area (Å²) in [6.07, 6.45) is 11.6. The molecule has 0 aromatic heterocycles. The lowest BCUT2D eigenvalue weighted by atomic mass is 9.66. The van der Waals surface area contributed by atoms with Crippen LogP contribution in [-0.2, 0) is 4.79 Å². The van der Waals surface area contributed by atoms with Crippen molar-refractivity contribution in [2.75, 3.05) is 20.1 Å². The molecule has 1 saturated heterocycles. The van der Waals surface area contributed by atoms with E-state index in [1.54, 1.807) is 0 Å². The van der Waals surface area contributed by atoms with Crippen molar-refractivity contribution in [3.05, 3.63) is 23.8 Å². The summed E-state index contributed by atoms with van der Waals surface area (Å²) in [6.45, 7) is 10.4. The van der Waals surface area contributed by atoms with Gasteiger partial charge in [-0.1, -0.05) is 45.9 Å². The van der Waals surface area contributed by atoms with E-state index in [9.17, 15) is 4.79 Å². The fraction of sp³-hybridized carbons (Fsp3) is 0.737. The van der Waals surface area contributed by atoms with Gasteiger partial charge in [0.15, 0.2) is 0 Å². The zero-order valence-corrected chi connectivity index (χ0v) is 14.6. The zero-order valence-electron chi connectivity index (χ0n) is 14.6. The Hall–Kier alpha value is -0.890. The number of carbonyl (C=O) groups excluding carboxylic acids is 1. The number of allylic oxidation sites excluding steroid dienone is 4. The van der Waals surface area contributed by atoms with Crippen molar-refractivity contribution in [2.24, 2.45) is 11.3 Å². The van der Waals surface area contributed by atoms with E-state index in [-0.39, 0.29) is 5.41 Å². The molecule has 1 aliphatic heterocycles. The number of Topliss-reactive ketones (excluding diaryl/α,β-unsaturated/α-hetero) is 1. The molecule has 2 rings (SSSR count). The van der Waals surface area contributed by atoms with Crippen LogP contribution in [0.25, 0.3) is 0 Å². The molecule has 120 valence electrons. The molecule has 2 heteroatoms. The first-order valence-corrected chi connectivity index (χ1v) is 8.69. The maximum absolute atomic E-state index is 12.7. The second-order valence-corrected chi connectivity index (χ2v) is 6.30. The molecular weight excluding hydrogens is 258 g/mol. The van der Waals surface area contributed by atoms with Gasteiger partial charge in [0.2, 0.25) is 0 Å². The van der Waals surface area contributed by atoms with Crippen molar-refractivity contribution in [1.82, 2.24) is 4.90 Å². The van der Waals surface area contributed by atoms with Crippen molar-refractivity contribution in [1.29, 1.82) is 0 Å². The summed E-state index contributed by atoms with van der Waals surface area (Å²) in [6, 6.07) is 0. The highest BCUT2D eigenvalue weighted by atomic mass is 16.1. The van der Waals surface area contributed by atoms with E-state index in [2.05, 4.69) is 44.0 Å². The van der Waals surface area contributed by atoms with Crippen LogP contribution in [0.5, 0.6) is 0 Å². The number of likely N-dealkylation sites (tertiary alicyclic amines) is 1. The fourth-order valence-electron chi connectivity index (χ4n) is 3.35. The van der Waals surface area contributed by atoms with Crippen LogP contribution >= 0.6 is 0 Å². The molecule has 1 unspecified atom stereocenters. The quantitative estimate of drug-likeness (QED) is 0.753. The van der Waals surface area contributed by atoms with Gasteiger partial charge in [0.1, 0.15) is 5.78 Å². The summed E-state index contributed by atoms with van der Waals surface area (Å²) in [4.78, 5) is 15.1. The van der Waals surface area contributed by atoms with E-state index >= 15 is 0 Å². The maximum Gasteiger partial charge on any atom is 0.143 e. The van der Waals surface area contributed by atoms with Crippen LogP contribution in [0.4, 0.5) is 0 Å². The molecule has 0 saturated carbocycles. The lowest BCUT2D eigenvalue weighted by Gasteiger charge is -2.41. The van der Waals surface area contributed by atoms with E-state index in [1.807, 2.05) is 13.8 Å². The molecule has 0 radical (unpaired) electrons. The predicted octanol–water partition coefficient (Wildman–Crippen LogP) is 4.62. The van der Waals surface area contributed by atoms with Crippen LogP contribution in [0, 0.1) is 11.3 Å². The lowest BCUT2D eigenvalue weighted by molar-refractivity contribution is -0.128. The van der Waals surface area contributed by atoms with Crippen molar-refractivity contribution < 1.29 is 4.79 Å². The predicted molar refractivity (Wildman–Crippen MR) is 91.4 cm³/mol. The monoisotopic (exact) mass is 291 g/mol. The van der Waals surface area contributed by atoms with E-state index in [1.165, 1.54) is 5.57 Å². The standard InChI is InChI=1S/C17H27NO.C2H6/c1-4-6-16(19)17(9-11-18(3)12-10-17)15-8-5-7-14(2)13-15;1-2/h5,8,13-14H,4,6-7,9-12H2,1-3H3;1-2H3. The zero-order chi connectivity index (χ0) is 15.9. The highest BCUT2D eigenvalue weighted by Gasteiger charge is 2.42. The molecule has 1 aliphatic carbocycles. The van der Waals surface area contributed by atoms with Crippen LogP contribution < -0.4 is 0 Å². The van der Waals surface area contributed by atoms with Crippen LogP contribution in [-0.4, -0.2) is 30.8 Å². The van der Waals surface area contributed by atoms with Gasteiger partial charge in [-0.2, -0.15) is 0 Å². The Morgan fingerprint density at radius 1 is 1.33 bits per heavy atom. The average Bonchev–Trinajstić information content (AvgIpc) is 2.50. The average molecular weight is 291 g/mol. The van der Waals surface area contributed by atoms with Gasteiger partial charge >= 0.3 is 0 Å². The largest absolute Gasteiger partial charge is 0.306 e. The number of ketones is 1. The number of rotatable bonds is 4. The number of hydrogen-bond donors (Lipinski definition) is 0. The molecule has 0 N–H and O–H groups in total. The van der Waals surface area contributed by atoms with Gasteiger partial charge in [-0.3, -0.25) is 4.79 Å². The second-order valence-electron chi connectivity index (χ2n) is 6.30. The summed E-state index contributed by atoms with van der Waals surface area (Å²) in [5.41, 5.74) is 1.12. The highest BCUT2D eigenvalue weighted by Crippen LogP contribution is 2.43. The van der Waals surface area contributed by atoms with Crippen molar-refractivity contribution >= 4 is 5.78 Å². The van der Waals surface area contributed by atoms with Gasteiger partial charge in [-0.25, -0.2) is 0 Å². The number of piperidine rings is 1. The summed E-state index contributed by atoms with van der Waals surface area (Å²) in [5, 5.41) is 0. The molecule has 2 nitrogen and oxygen atoms in total. The Balaban J connectivity index is 0.00000106. The molecule has 21 heavy (non-hydrogen) atoms. The Bertz CT molecular complexity index is 386. The molecule has 1 fully saturated rings. The van der Waals surface area contributed by atoms with Crippen LogP contribution in [0.15, 0.2) is 23.8 Å². The van der Waals surface area contributed by atoms with E-state index in [0.717, 1.165) is 45.2 Å². The molecular formula is C19H33NO. The number of carbonyl (C=O) groups is 1. The Kier molecular flexibility index (Phi) is 7.37. The SMILES string of the molecule is CC.CCCC(=O)C1(C2=CC(C)CC=C2)CCN(C)CC1. The van der Waals surface area contributed by atoms with Crippen LogP contribution in [0.1, 0.15) is 59.8 Å². The minimum atomic E-state index is -0.187. The first-order chi connectivity index (χ1) is 10.1. The minimum Gasteiger partial charge on any atom is -0.306 e. The van der Waals surface area contributed by atoms with Gasteiger partial charge in [0.25, 0.3) is 0 Å². The number of hydrogen-bond acceptors (Lipinski definition) is 2. The van der Waals surface area contributed by atoms with Crippen molar-refractivity contribution in [2.45, 2.75) is 59.8 Å². The smallest absolute Gasteiger partial charge is 0.143 e. The Morgan fingerprint density at radius 2 is 1.95 bits per heavy atom. The normalized spacial score (nSPS) is 24.8. The van der Waals surface area contributed by atoms with Gasteiger partial charge in [-0.15, -0.1) is 0 Å². The maximum atomic E-state index is 12.7. The van der Waals surface area contributed by atoms with Crippen LogP contribution in [0.2, 0.25) is 0 Å². The third kappa shape index (κ3) is 4.29. The first-order valence-electron chi connectivity index (χ1n) is 8.69. The third-order valence-electron chi connectivity index (χ3n) is 4.67. The lowest BCUT2D eigenvalue weighted by Crippen LogP contribution is -2.44. The highest BCUT2D eigenvalue weighted by molar-refractivity contribution is 5.88. The molecule has 0 amide bonds. The molecule has 0 bridgehead atoms. The topological polar surface area (TPSA) is 20.3 Å². The van der Waals surface area contributed by atoms with E-state index in [0.29, 0.717) is 11.7 Å². The molecule has 0 aromatic carbocycles. The van der Waals surface area contributed by atoms with Crippen molar-refractivity contribution in [3.63, 3.8) is 0 Å². The first kappa shape index (κ1) is 18.2. The number of nitrogens with zero attached hydrogens (tertiary/aromatic N) is 1. The summed E-state index contributed by atoms with van der Waals surface area (Å²) in [7, 11) is 2.15. The fourth-order valence-corrected chi connectivity index (χ4v) is 3.35. The van der Waals surface area contributed by atoms with Gasteiger partial charge in [-0.05, 0) is 57.3 Å². The van der Waals surface area contributed by atoms with Gasteiger partial charge in [0.05, 0.1) is 5.41 Å². The van der Waals surface area contributed by atoms with Gasteiger partial charge in [0, 0.05) is 6.42 Å². The summed E-state index contributed by atoms with van der Waals surface area (Å²) in [5.74, 6) is 1.04.